The molecule has 5 nitrogen and oxygen atoms in total. The van der Waals surface area contributed by atoms with Crippen LogP contribution in [0, 0.1) is 5.92 Å². The second kappa shape index (κ2) is 13.5. The number of furan rings is 1. The van der Waals surface area contributed by atoms with Crippen LogP contribution in [0.2, 0.25) is 0 Å². The van der Waals surface area contributed by atoms with Gasteiger partial charge in [-0.05, 0) is 81.8 Å². The van der Waals surface area contributed by atoms with Crippen LogP contribution >= 0.6 is 11.8 Å². The quantitative estimate of drug-likeness (QED) is 0.163. The van der Waals surface area contributed by atoms with Crippen LogP contribution in [0.25, 0.3) is 60.6 Å². The number of nitrogens with zero attached hydrogens (tertiary/aromatic N) is 1. The summed E-state index contributed by atoms with van der Waals surface area (Å²) in [6.45, 7) is 2.40. The van der Waals surface area contributed by atoms with Crippen molar-refractivity contribution < 1.29 is 4.42 Å². The van der Waals surface area contributed by atoms with Crippen molar-refractivity contribution in [1.29, 1.82) is 0 Å². The molecule has 0 bridgehead atoms. The van der Waals surface area contributed by atoms with Gasteiger partial charge in [-0.3, -0.25) is 16.0 Å². The van der Waals surface area contributed by atoms with E-state index in [-0.39, 0.29) is 18.5 Å². The van der Waals surface area contributed by atoms with Crippen molar-refractivity contribution in [3.8, 4) is 5.69 Å². The van der Waals surface area contributed by atoms with E-state index in [9.17, 15) is 0 Å². The summed E-state index contributed by atoms with van der Waals surface area (Å²) >= 11 is 2.01. The molecule has 0 amide bonds. The van der Waals surface area contributed by atoms with Crippen LogP contribution in [-0.2, 0) is 0 Å². The Morgan fingerprint density at radius 1 is 0.534 bits per heavy atom. The van der Waals surface area contributed by atoms with Crippen LogP contribution in [0.5, 0.6) is 0 Å². The molecule has 7 aromatic carbocycles. The first-order valence-electron chi connectivity index (χ1n) is 20.2. The topological polar surface area (TPSA) is 54.2 Å². The zero-order valence-electron chi connectivity index (χ0n) is 31.9. The van der Waals surface area contributed by atoms with Crippen molar-refractivity contribution in [1.82, 2.24) is 20.5 Å². The number of fused-ring (bicyclic) bond motifs is 9. The average molecular weight is 769 g/mol. The Labute approximate surface area is 341 Å². The summed E-state index contributed by atoms with van der Waals surface area (Å²) in [6.07, 6.45) is 4.53. The highest BCUT2D eigenvalue weighted by molar-refractivity contribution is 8.01. The highest BCUT2D eigenvalue weighted by atomic mass is 32.2. The second-order valence-corrected chi connectivity index (χ2v) is 16.9. The van der Waals surface area contributed by atoms with Gasteiger partial charge in [-0.1, -0.05) is 140 Å². The van der Waals surface area contributed by atoms with Gasteiger partial charge in [-0.25, -0.2) is 0 Å². The molecule has 0 radical (unpaired) electrons. The van der Waals surface area contributed by atoms with E-state index in [2.05, 4.69) is 203 Å². The van der Waals surface area contributed by atoms with Crippen LogP contribution in [0.4, 0.5) is 0 Å². The molecular weight excluding hydrogens is 729 g/mol. The SMILES string of the molecule is CC1C(c2ccc3oc4cccc(C5NC(c6ccccc6)NC(c6ccccc6)N5)c4c3c2)=CC=C2c3c(cccc3-n3c4ccccc4c4ccccc43)SC21. The van der Waals surface area contributed by atoms with Crippen LogP contribution < -0.4 is 16.0 Å². The maximum atomic E-state index is 6.59. The second-order valence-electron chi connectivity index (χ2n) is 15.7. The molecule has 3 N–H and O–H groups in total. The van der Waals surface area contributed by atoms with Crippen molar-refractivity contribution in [2.24, 2.45) is 5.92 Å². The summed E-state index contributed by atoms with van der Waals surface area (Å²) in [5.74, 6) is 0.296. The zero-order chi connectivity index (χ0) is 38.3. The fraction of sp³-hybridized carbons (Fsp3) is 0.115. The minimum atomic E-state index is -0.139. The van der Waals surface area contributed by atoms with Gasteiger partial charge < -0.3 is 8.98 Å². The molecule has 1 aliphatic carbocycles. The Hall–Kier alpha value is -6.15. The lowest BCUT2D eigenvalue weighted by atomic mass is 9.81. The Kier molecular flexibility index (Phi) is 7.88. The van der Waals surface area contributed by atoms with E-state index in [0.29, 0.717) is 11.2 Å². The van der Waals surface area contributed by atoms with Gasteiger partial charge in [0.15, 0.2) is 0 Å². The molecule has 4 heterocycles. The number of rotatable bonds is 5. The molecule has 12 rings (SSSR count). The van der Waals surface area contributed by atoms with Gasteiger partial charge in [0.05, 0.1) is 35.2 Å². The third-order valence-electron chi connectivity index (χ3n) is 12.5. The number of hydrogen-bond donors (Lipinski definition) is 3. The van der Waals surface area contributed by atoms with Crippen molar-refractivity contribution in [3.63, 3.8) is 0 Å². The lowest BCUT2D eigenvalue weighted by molar-refractivity contribution is 0.204. The monoisotopic (exact) mass is 768 g/mol. The average Bonchev–Trinajstić information content (AvgIpc) is 3.97. The van der Waals surface area contributed by atoms with Crippen LogP contribution in [-0.4, -0.2) is 9.82 Å². The number of nitrogens with one attached hydrogen (secondary N) is 3. The molecule has 2 aromatic heterocycles. The molecule has 280 valence electrons. The largest absolute Gasteiger partial charge is 0.456 e. The third-order valence-corrected chi connectivity index (χ3v) is 14.0. The highest BCUT2D eigenvalue weighted by Gasteiger charge is 2.38. The third kappa shape index (κ3) is 5.30. The summed E-state index contributed by atoms with van der Waals surface area (Å²) in [5.41, 5.74) is 14.5. The van der Waals surface area contributed by atoms with E-state index in [1.165, 1.54) is 71.4 Å². The summed E-state index contributed by atoms with van der Waals surface area (Å²) < 4.78 is 9.06. The molecule has 0 saturated carbocycles. The van der Waals surface area contributed by atoms with Gasteiger partial charge in [-0.15, -0.1) is 11.8 Å². The minimum absolute atomic E-state index is 0.0561. The predicted octanol–water partition coefficient (Wildman–Crippen LogP) is 12.5. The van der Waals surface area contributed by atoms with Gasteiger partial charge in [-0.2, -0.15) is 0 Å². The molecule has 0 spiro atoms. The molecule has 9 aromatic rings. The fourth-order valence-electron chi connectivity index (χ4n) is 9.80. The van der Waals surface area contributed by atoms with E-state index < -0.39 is 0 Å². The van der Waals surface area contributed by atoms with Crippen molar-refractivity contribution in [3.05, 3.63) is 204 Å². The smallest absolute Gasteiger partial charge is 0.135 e. The first-order valence-corrected chi connectivity index (χ1v) is 21.1. The predicted molar refractivity (Wildman–Crippen MR) is 240 cm³/mol. The summed E-state index contributed by atoms with van der Waals surface area (Å²) in [4.78, 5) is 1.35. The number of para-hydroxylation sites is 2. The first kappa shape index (κ1) is 33.9. The van der Waals surface area contributed by atoms with Gasteiger partial charge in [0, 0.05) is 37.3 Å². The number of aromatic nitrogens is 1. The van der Waals surface area contributed by atoms with E-state index in [4.69, 9.17) is 4.42 Å². The highest BCUT2D eigenvalue weighted by Crippen LogP contribution is 2.55. The lowest BCUT2D eigenvalue weighted by Crippen LogP contribution is -2.54. The minimum Gasteiger partial charge on any atom is -0.456 e. The lowest BCUT2D eigenvalue weighted by Gasteiger charge is -2.39. The fourth-order valence-corrected chi connectivity index (χ4v) is 11.2. The van der Waals surface area contributed by atoms with Crippen molar-refractivity contribution >= 4 is 66.7 Å². The summed E-state index contributed by atoms with van der Waals surface area (Å²) in [5, 5.41) is 16.8. The van der Waals surface area contributed by atoms with E-state index >= 15 is 0 Å². The number of thioether (sulfide) groups is 1. The zero-order valence-corrected chi connectivity index (χ0v) is 32.7. The Morgan fingerprint density at radius 2 is 1.16 bits per heavy atom. The molecule has 3 aliphatic rings. The Morgan fingerprint density at radius 3 is 1.86 bits per heavy atom. The summed E-state index contributed by atoms with van der Waals surface area (Å²) in [7, 11) is 0. The van der Waals surface area contributed by atoms with Gasteiger partial charge in [0.1, 0.15) is 11.2 Å². The molecular formula is C52H40N4OS. The molecule has 1 saturated heterocycles. The molecule has 6 heteroatoms. The van der Waals surface area contributed by atoms with E-state index in [1.54, 1.807) is 0 Å². The van der Waals surface area contributed by atoms with E-state index in [1.807, 2.05) is 11.8 Å². The Bertz CT molecular complexity index is 3020. The molecule has 58 heavy (non-hydrogen) atoms. The summed E-state index contributed by atoms with van der Waals surface area (Å²) in [6, 6.07) is 59.0. The molecule has 2 aliphatic heterocycles. The normalized spacial score (nSPS) is 21.6. The van der Waals surface area contributed by atoms with Crippen LogP contribution in [0.15, 0.2) is 185 Å². The van der Waals surface area contributed by atoms with Crippen molar-refractivity contribution in [2.45, 2.75) is 35.6 Å². The van der Waals surface area contributed by atoms with Crippen molar-refractivity contribution in [2.75, 3.05) is 0 Å². The van der Waals surface area contributed by atoms with E-state index in [0.717, 1.165) is 21.9 Å². The van der Waals surface area contributed by atoms with Crippen LogP contribution in [0.3, 0.4) is 0 Å². The number of hydrogen-bond acceptors (Lipinski definition) is 5. The van der Waals surface area contributed by atoms with Gasteiger partial charge in [0.2, 0.25) is 0 Å². The molecule has 4 unspecified atom stereocenters. The number of benzene rings is 7. The maximum Gasteiger partial charge on any atom is 0.135 e. The Balaban J connectivity index is 0.950. The maximum absolute atomic E-state index is 6.59. The standard InChI is InChI=1S/C52H40N4OS/c1-31-35(27-28-38-48-43(23-13-25-46(48)58-49(31)38)56-41-21-10-8-18-36(41)37-19-9-11-22-42(37)56)34-26-29-44-40(30-34)47-39(20-12-24-45(47)57-44)52-54-50(32-14-4-2-5-15-32)53-51(55-52)33-16-6-3-7-17-33/h2-31,49-55H,1H3. The van der Waals surface area contributed by atoms with Gasteiger partial charge >= 0.3 is 0 Å². The first-order chi connectivity index (χ1) is 28.7. The molecule has 1 fully saturated rings. The number of allylic oxidation sites excluding steroid dienone is 3. The van der Waals surface area contributed by atoms with Crippen LogP contribution in [0.1, 0.15) is 53.2 Å². The molecule has 4 atom stereocenters. The van der Waals surface area contributed by atoms with Gasteiger partial charge in [0.25, 0.3) is 0 Å².